The van der Waals surface area contributed by atoms with Gasteiger partial charge in [0.25, 0.3) is 5.91 Å². The summed E-state index contributed by atoms with van der Waals surface area (Å²) in [6, 6.07) is 17.9. The number of ether oxygens (including phenoxy) is 2. The third-order valence-electron chi connectivity index (χ3n) is 4.93. The maximum atomic E-state index is 12.2. The molecule has 1 unspecified atom stereocenters. The summed E-state index contributed by atoms with van der Waals surface area (Å²) in [5, 5.41) is 7.61. The molecule has 1 aromatic heterocycles. The first-order valence-corrected chi connectivity index (χ1v) is 9.85. The minimum atomic E-state index is -0.237. The van der Waals surface area contributed by atoms with E-state index in [4.69, 9.17) is 14.6 Å². The summed E-state index contributed by atoms with van der Waals surface area (Å²) in [7, 11) is 0. The van der Waals surface area contributed by atoms with Crippen molar-refractivity contribution in [2.75, 3.05) is 19.8 Å². The number of aromatic nitrogens is 2. The molecule has 150 valence electrons. The van der Waals surface area contributed by atoms with E-state index in [2.05, 4.69) is 23.6 Å². The molecule has 3 aromatic rings. The van der Waals surface area contributed by atoms with Crippen molar-refractivity contribution in [3.8, 4) is 5.75 Å². The Kier molecular flexibility index (Phi) is 5.91. The number of carbonyl (C=O) groups is 1. The van der Waals surface area contributed by atoms with E-state index in [1.165, 1.54) is 11.1 Å². The highest BCUT2D eigenvalue weighted by Gasteiger charge is 2.25. The fourth-order valence-electron chi connectivity index (χ4n) is 3.38. The SMILES string of the molecule is Cc1ccc(OCC(=O)NCC2OCCc3cn(Cc4ccccc4)nc32)cc1. The Hall–Kier alpha value is -3.12. The van der Waals surface area contributed by atoms with E-state index in [0.717, 1.165) is 24.2 Å². The molecule has 0 aliphatic carbocycles. The van der Waals surface area contributed by atoms with Crippen LogP contribution in [-0.4, -0.2) is 35.4 Å². The molecular weight excluding hydrogens is 366 g/mol. The molecule has 2 aromatic carbocycles. The van der Waals surface area contributed by atoms with Crippen LogP contribution in [0.3, 0.4) is 0 Å². The maximum Gasteiger partial charge on any atom is 0.258 e. The first-order valence-electron chi connectivity index (χ1n) is 9.85. The molecule has 0 saturated heterocycles. The fraction of sp³-hybridized carbons (Fsp3) is 0.304. The van der Waals surface area contributed by atoms with E-state index >= 15 is 0 Å². The Labute approximate surface area is 170 Å². The van der Waals surface area contributed by atoms with Crippen molar-refractivity contribution in [2.24, 2.45) is 0 Å². The molecule has 1 amide bonds. The van der Waals surface area contributed by atoms with Gasteiger partial charge in [-0.2, -0.15) is 5.10 Å². The van der Waals surface area contributed by atoms with Gasteiger partial charge in [-0.25, -0.2) is 0 Å². The van der Waals surface area contributed by atoms with Crippen molar-refractivity contribution in [1.29, 1.82) is 0 Å². The van der Waals surface area contributed by atoms with Crippen LogP contribution in [0, 0.1) is 6.92 Å². The van der Waals surface area contributed by atoms with E-state index in [-0.39, 0.29) is 18.6 Å². The Morgan fingerprint density at radius 2 is 2.00 bits per heavy atom. The number of benzene rings is 2. The predicted molar refractivity (Wildman–Crippen MR) is 110 cm³/mol. The van der Waals surface area contributed by atoms with Crippen molar-refractivity contribution in [3.63, 3.8) is 0 Å². The van der Waals surface area contributed by atoms with Gasteiger partial charge in [-0.15, -0.1) is 0 Å². The molecule has 6 nitrogen and oxygen atoms in total. The van der Waals surface area contributed by atoms with Crippen molar-refractivity contribution < 1.29 is 14.3 Å². The number of carbonyl (C=O) groups excluding carboxylic acids is 1. The quantitative estimate of drug-likeness (QED) is 0.672. The largest absolute Gasteiger partial charge is 0.484 e. The van der Waals surface area contributed by atoms with Crippen LogP contribution in [0.5, 0.6) is 5.75 Å². The molecule has 0 spiro atoms. The highest BCUT2D eigenvalue weighted by Crippen LogP contribution is 2.25. The van der Waals surface area contributed by atoms with Gasteiger partial charge in [-0.1, -0.05) is 48.0 Å². The standard InChI is InChI=1S/C23H25N3O3/c1-17-7-9-20(10-8-17)29-16-22(27)24-13-21-23-19(11-12-28-21)15-26(25-23)14-18-5-3-2-4-6-18/h2-10,15,21H,11-14,16H2,1H3,(H,24,27). The maximum absolute atomic E-state index is 12.2. The van der Waals surface area contributed by atoms with Gasteiger partial charge >= 0.3 is 0 Å². The van der Waals surface area contributed by atoms with Crippen LogP contribution >= 0.6 is 0 Å². The van der Waals surface area contributed by atoms with E-state index in [1.54, 1.807) is 0 Å². The Morgan fingerprint density at radius 1 is 1.21 bits per heavy atom. The monoisotopic (exact) mass is 391 g/mol. The second kappa shape index (κ2) is 8.92. The van der Waals surface area contributed by atoms with Crippen molar-refractivity contribution >= 4 is 5.91 Å². The zero-order chi connectivity index (χ0) is 20.1. The topological polar surface area (TPSA) is 65.4 Å². The highest BCUT2D eigenvalue weighted by atomic mass is 16.5. The van der Waals surface area contributed by atoms with E-state index < -0.39 is 0 Å². The molecule has 1 aliphatic rings. The molecular formula is C23H25N3O3. The minimum Gasteiger partial charge on any atom is -0.484 e. The zero-order valence-corrected chi connectivity index (χ0v) is 16.5. The molecule has 29 heavy (non-hydrogen) atoms. The smallest absolute Gasteiger partial charge is 0.258 e. The average molecular weight is 391 g/mol. The van der Waals surface area contributed by atoms with Gasteiger partial charge < -0.3 is 14.8 Å². The second-order valence-electron chi connectivity index (χ2n) is 7.24. The molecule has 1 aliphatic heterocycles. The summed E-state index contributed by atoms with van der Waals surface area (Å²) in [5.41, 5.74) is 4.44. The summed E-state index contributed by atoms with van der Waals surface area (Å²) >= 11 is 0. The molecule has 6 heteroatoms. The molecule has 1 atom stereocenters. The number of aryl methyl sites for hydroxylation is 1. The minimum absolute atomic E-state index is 0.0227. The van der Waals surface area contributed by atoms with Gasteiger partial charge in [-0.3, -0.25) is 9.48 Å². The Bertz CT molecular complexity index is 951. The molecule has 0 bridgehead atoms. The van der Waals surface area contributed by atoms with Crippen LogP contribution in [0.15, 0.2) is 60.8 Å². The first kappa shape index (κ1) is 19.2. The fourth-order valence-corrected chi connectivity index (χ4v) is 3.38. The van der Waals surface area contributed by atoms with Crippen LogP contribution < -0.4 is 10.1 Å². The number of nitrogens with one attached hydrogen (secondary N) is 1. The zero-order valence-electron chi connectivity index (χ0n) is 16.5. The number of fused-ring (bicyclic) bond motifs is 1. The van der Waals surface area contributed by atoms with Crippen LogP contribution in [0.2, 0.25) is 0 Å². The molecule has 0 fully saturated rings. The molecule has 0 radical (unpaired) electrons. The normalized spacial score (nSPS) is 15.6. The van der Waals surface area contributed by atoms with Gasteiger partial charge in [0.15, 0.2) is 6.61 Å². The highest BCUT2D eigenvalue weighted by molar-refractivity contribution is 5.77. The number of hydrogen-bond acceptors (Lipinski definition) is 4. The third-order valence-corrected chi connectivity index (χ3v) is 4.93. The van der Waals surface area contributed by atoms with Gasteiger partial charge in [0, 0.05) is 12.7 Å². The Balaban J connectivity index is 1.32. The van der Waals surface area contributed by atoms with Gasteiger partial charge in [0.05, 0.1) is 18.8 Å². The summed E-state index contributed by atoms with van der Waals surface area (Å²) in [6.07, 6.45) is 2.68. The number of amides is 1. The van der Waals surface area contributed by atoms with Crippen LogP contribution in [0.4, 0.5) is 0 Å². The lowest BCUT2D eigenvalue weighted by molar-refractivity contribution is -0.123. The van der Waals surface area contributed by atoms with Crippen LogP contribution in [0.1, 0.15) is 28.5 Å². The van der Waals surface area contributed by atoms with Crippen LogP contribution in [-0.2, 0) is 22.5 Å². The van der Waals surface area contributed by atoms with Crippen molar-refractivity contribution in [2.45, 2.75) is 26.0 Å². The summed E-state index contributed by atoms with van der Waals surface area (Å²) in [5.74, 6) is 0.506. The number of hydrogen-bond donors (Lipinski definition) is 1. The molecule has 1 N–H and O–H groups in total. The average Bonchev–Trinajstić information content (AvgIpc) is 3.15. The first-order chi connectivity index (χ1) is 14.2. The molecule has 2 heterocycles. The van der Waals surface area contributed by atoms with Gasteiger partial charge in [0.2, 0.25) is 0 Å². The van der Waals surface area contributed by atoms with Crippen molar-refractivity contribution in [1.82, 2.24) is 15.1 Å². The molecule has 0 saturated carbocycles. The third kappa shape index (κ3) is 5.03. The number of rotatable bonds is 7. The number of nitrogens with zero attached hydrogens (tertiary/aromatic N) is 2. The summed E-state index contributed by atoms with van der Waals surface area (Å²) in [6.45, 7) is 3.72. The molecule has 4 rings (SSSR count). The van der Waals surface area contributed by atoms with Crippen molar-refractivity contribution in [3.05, 3.63) is 83.2 Å². The lowest BCUT2D eigenvalue weighted by atomic mass is 10.1. The van der Waals surface area contributed by atoms with E-state index in [1.807, 2.05) is 54.1 Å². The van der Waals surface area contributed by atoms with E-state index in [9.17, 15) is 4.79 Å². The van der Waals surface area contributed by atoms with Gasteiger partial charge in [0.1, 0.15) is 11.9 Å². The van der Waals surface area contributed by atoms with Crippen LogP contribution in [0.25, 0.3) is 0 Å². The second-order valence-corrected chi connectivity index (χ2v) is 7.24. The Morgan fingerprint density at radius 3 is 2.79 bits per heavy atom. The summed E-state index contributed by atoms with van der Waals surface area (Å²) < 4.78 is 13.3. The van der Waals surface area contributed by atoms with E-state index in [0.29, 0.717) is 18.9 Å². The van der Waals surface area contributed by atoms with Gasteiger partial charge in [-0.05, 0) is 36.6 Å². The lowest BCUT2D eigenvalue weighted by Gasteiger charge is -2.22. The lowest BCUT2D eigenvalue weighted by Crippen LogP contribution is -2.34. The summed E-state index contributed by atoms with van der Waals surface area (Å²) in [4.78, 5) is 12.2. The predicted octanol–water partition coefficient (Wildman–Crippen LogP) is 3.05.